The van der Waals surface area contributed by atoms with E-state index in [-0.39, 0.29) is 11.7 Å². The van der Waals surface area contributed by atoms with Crippen molar-refractivity contribution in [1.82, 2.24) is 0 Å². The van der Waals surface area contributed by atoms with E-state index < -0.39 is 11.8 Å². The Balaban J connectivity index is 1.46. The Bertz CT molecular complexity index is 723. The van der Waals surface area contributed by atoms with Gasteiger partial charge in [-0.3, -0.25) is 0 Å². The van der Waals surface area contributed by atoms with Gasteiger partial charge in [0, 0.05) is 6.07 Å². The van der Waals surface area contributed by atoms with E-state index >= 15 is 0 Å². The fourth-order valence-electron chi connectivity index (χ4n) is 6.27. The Morgan fingerprint density at radius 2 is 1.88 bits per heavy atom. The highest BCUT2D eigenvalue weighted by Crippen LogP contribution is 2.60. The minimum Gasteiger partial charge on any atom is -0.489 e. The first kappa shape index (κ1) is 15.7. The van der Waals surface area contributed by atoms with Gasteiger partial charge in [0.15, 0.2) is 0 Å². The van der Waals surface area contributed by atoms with Crippen LogP contribution in [-0.4, -0.2) is 17.2 Å². The van der Waals surface area contributed by atoms with Gasteiger partial charge < -0.3 is 9.84 Å². The first-order valence-electron chi connectivity index (χ1n) is 9.65. The van der Waals surface area contributed by atoms with Gasteiger partial charge in [-0.15, -0.1) is 0 Å². The van der Waals surface area contributed by atoms with E-state index in [1.54, 1.807) is 0 Å². The van der Waals surface area contributed by atoms with Crippen molar-refractivity contribution in [3.8, 4) is 5.75 Å². The summed E-state index contributed by atoms with van der Waals surface area (Å²) in [4.78, 5) is 11.3. The highest BCUT2D eigenvalue weighted by atomic mass is 19.1. The molecule has 0 aliphatic heterocycles. The molecule has 0 amide bonds. The van der Waals surface area contributed by atoms with Gasteiger partial charge in [0.25, 0.3) is 0 Å². The van der Waals surface area contributed by atoms with E-state index in [0.717, 1.165) is 24.3 Å². The molecule has 2 unspecified atom stereocenters. The van der Waals surface area contributed by atoms with Gasteiger partial charge in [-0.05, 0) is 85.7 Å². The number of ether oxygens (including phenoxy) is 1. The van der Waals surface area contributed by atoms with Crippen LogP contribution < -0.4 is 4.74 Å². The maximum Gasteiger partial charge on any atom is 0.338 e. The average Bonchev–Trinajstić information content (AvgIpc) is 3.33. The molecule has 0 spiro atoms. The van der Waals surface area contributed by atoms with Crippen molar-refractivity contribution < 1.29 is 19.0 Å². The van der Waals surface area contributed by atoms with Crippen molar-refractivity contribution in [1.29, 1.82) is 0 Å². The van der Waals surface area contributed by atoms with Gasteiger partial charge in [-0.2, -0.15) is 0 Å². The standard InChI is InChI=1S/C21H25FO3/c1-21-8-11-4-13(9-21)19(14(5-11)10-21)25-18-7-17(22)16(20(23)24)6-15(18)12-2-3-12/h6-7,11-14,19H,2-5,8-10H2,1H3,(H,23,24)/t11?,13?,14?,19-,21+. The molecule has 5 aliphatic carbocycles. The number of halogens is 1. The number of aromatic carboxylic acids is 1. The molecular weight excluding hydrogens is 319 g/mol. The molecule has 25 heavy (non-hydrogen) atoms. The zero-order chi connectivity index (χ0) is 17.3. The molecule has 4 heteroatoms. The summed E-state index contributed by atoms with van der Waals surface area (Å²) in [6.45, 7) is 2.42. The fourth-order valence-corrected chi connectivity index (χ4v) is 6.27. The summed E-state index contributed by atoms with van der Waals surface area (Å²) in [6.07, 6.45) is 8.55. The zero-order valence-corrected chi connectivity index (χ0v) is 14.6. The smallest absolute Gasteiger partial charge is 0.338 e. The number of hydrogen-bond acceptors (Lipinski definition) is 2. The summed E-state index contributed by atoms with van der Waals surface area (Å²) < 4.78 is 20.7. The van der Waals surface area contributed by atoms with Crippen LogP contribution in [0.1, 0.15) is 73.7 Å². The zero-order valence-electron chi connectivity index (χ0n) is 14.6. The second kappa shape index (κ2) is 5.21. The third-order valence-electron chi connectivity index (χ3n) is 7.10. The summed E-state index contributed by atoms with van der Waals surface area (Å²) >= 11 is 0. The van der Waals surface area contributed by atoms with Gasteiger partial charge >= 0.3 is 5.97 Å². The maximum absolute atomic E-state index is 14.3. The van der Waals surface area contributed by atoms with Crippen LogP contribution in [0.5, 0.6) is 5.75 Å². The molecule has 0 radical (unpaired) electrons. The van der Waals surface area contributed by atoms with E-state index in [4.69, 9.17) is 4.74 Å². The summed E-state index contributed by atoms with van der Waals surface area (Å²) in [6, 6.07) is 2.85. The van der Waals surface area contributed by atoms with E-state index in [0.29, 0.717) is 28.9 Å². The number of rotatable bonds is 4. The molecule has 5 fully saturated rings. The van der Waals surface area contributed by atoms with Crippen LogP contribution in [0.25, 0.3) is 0 Å². The van der Waals surface area contributed by atoms with E-state index in [9.17, 15) is 14.3 Å². The molecule has 0 heterocycles. The van der Waals surface area contributed by atoms with Gasteiger partial charge in [0.2, 0.25) is 0 Å². The van der Waals surface area contributed by atoms with Crippen molar-refractivity contribution in [3.63, 3.8) is 0 Å². The van der Waals surface area contributed by atoms with E-state index in [1.165, 1.54) is 44.2 Å². The maximum atomic E-state index is 14.3. The van der Waals surface area contributed by atoms with Crippen LogP contribution in [-0.2, 0) is 0 Å². The lowest BCUT2D eigenvalue weighted by Gasteiger charge is -2.58. The lowest BCUT2D eigenvalue weighted by molar-refractivity contribution is -0.117. The van der Waals surface area contributed by atoms with E-state index in [1.807, 2.05) is 0 Å². The predicted octanol–water partition coefficient (Wildman–Crippen LogP) is 4.99. The fraction of sp³-hybridized carbons (Fsp3) is 0.667. The number of carbonyl (C=O) groups is 1. The summed E-state index contributed by atoms with van der Waals surface area (Å²) in [7, 11) is 0. The minimum atomic E-state index is -1.20. The lowest BCUT2D eigenvalue weighted by Crippen LogP contribution is -2.54. The molecule has 0 aromatic heterocycles. The Morgan fingerprint density at radius 1 is 1.20 bits per heavy atom. The van der Waals surface area contributed by atoms with Crippen molar-refractivity contribution >= 4 is 5.97 Å². The number of carboxylic acid groups (broad SMARTS) is 1. The molecule has 5 saturated carbocycles. The Hall–Kier alpha value is -1.58. The molecule has 0 saturated heterocycles. The van der Waals surface area contributed by atoms with Crippen LogP contribution in [0.3, 0.4) is 0 Å². The Morgan fingerprint density at radius 3 is 2.44 bits per heavy atom. The van der Waals surface area contributed by atoms with Crippen LogP contribution in [0.4, 0.5) is 4.39 Å². The SMILES string of the molecule is C[C@]12CC3CC(C1)[C@@H](Oc1cc(F)c(C(=O)O)cc1C1CC1)C(C3)C2. The average molecular weight is 344 g/mol. The van der Waals surface area contributed by atoms with Gasteiger partial charge in [-0.25, -0.2) is 9.18 Å². The minimum absolute atomic E-state index is 0.178. The first-order chi connectivity index (χ1) is 11.9. The third kappa shape index (κ3) is 2.56. The molecule has 1 aromatic carbocycles. The lowest BCUT2D eigenvalue weighted by atomic mass is 9.49. The topological polar surface area (TPSA) is 46.5 Å². The third-order valence-corrected chi connectivity index (χ3v) is 7.10. The second-order valence-corrected chi connectivity index (χ2v) is 9.31. The molecule has 1 aromatic rings. The van der Waals surface area contributed by atoms with Crippen LogP contribution in [0.2, 0.25) is 0 Å². The van der Waals surface area contributed by atoms with Crippen molar-refractivity contribution in [2.24, 2.45) is 23.2 Å². The highest BCUT2D eigenvalue weighted by molar-refractivity contribution is 5.88. The molecule has 134 valence electrons. The molecule has 3 nitrogen and oxygen atoms in total. The van der Waals surface area contributed by atoms with Gasteiger partial charge in [0.1, 0.15) is 17.7 Å². The molecule has 5 aliphatic rings. The summed E-state index contributed by atoms with van der Waals surface area (Å²) in [5, 5.41) is 9.22. The van der Waals surface area contributed by atoms with Crippen LogP contribution >= 0.6 is 0 Å². The monoisotopic (exact) mass is 344 g/mol. The van der Waals surface area contributed by atoms with Gasteiger partial charge in [0.05, 0.1) is 5.56 Å². The first-order valence-corrected chi connectivity index (χ1v) is 9.65. The molecule has 2 atom stereocenters. The normalized spacial score (nSPS) is 38.8. The molecular formula is C21H25FO3. The van der Waals surface area contributed by atoms with Crippen molar-refractivity contribution in [2.45, 2.75) is 63.9 Å². The van der Waals surface area contributed by atoms with Crippen molar-refractivity contribution in [3.05, 3.63) is 29.1 Å². The number of hydrogen-bond donors (Lipinski definition) is 1. The Labute approximate surface area is 147 Å². The van der Waals surface area contributed by atoms with Crippen LogP contribution in [0.15, 0.2) is 12.1 Å². The number of benzene rings is 1. The highest BCUT2D eigenvalue weighted by Gasteiger charge is 2.54. The van der Waals surface area contributed by atoms with Gasteiger partial charge in [-0.1, -0.05) is 6.92 Å². The molecule has 4 bridgehead atoms. The summed E-state index contributed by atoms with van der Waals surface area (Å²) in [5.41, 5.74) is 1.15. The Kier molecular flexibility index (Phi) is 3.27. The van der Waals surface area contributed by atoms with Crippen molar-refractivity contribution in [2.75, 3.05) is 0 Å². The van der Waals surface area contributed by atoms with E-state index in [2.05, 4.69) is 6.92 Å². The second-order valence-electron chi connectivity index (χ2n) is 9.31. The largest absolute Gasteiger partial charge is 0.489 e. The quantitative estimate of drug-likeness (QED) is 0.836. The molecule has 1 N–H and O–H groups in total. The summed E-state index contributed by atoms with van der Waals surface area (Å²) in [5.74, 6) is 1.05. The molecule has 6 rings (SSSR count). The predicted molar refractivity (Wildman–Crippen MR) is 91.4 cm³/mol. The van der Waals surface area contributed by atoms with Crippen LogP contribution in [0, 0.1) is 29.0 Å². The number of carboxylic acids is 1.